The molecular weight excluding hydrogens is 402 g/mol. The number of aromatic nitrogens is 3. The number of hydrogen-bond acceptors (Lipinski definition) is 6. The van der Waals surface area contributed by atoms with Crippen LogP contribution in [0.25, 0.3) is 0 Å². The van der Waals surface area contributed by atoms with E-state index in [4.69, 9.17) is 14.3 Å². The van der Waals surface area contributed by atoms with Gasteiger partial charge in [0.15, 0.2) is 12.1 Å². The number of carboxylic acid groups (broad SMARTS) is 1. The van der Waals surface area contributed by atoms with Crippen LogP contribution in [0.4, 0.5) is 0 Å². The van der Waals surface area contributed by atoms with Crippen LogP contribution in [0, 0.1) is 5.92 Å². The largest absolute Gasteiger partial charge is 0.483 e. The molecule has 10 nitrogen and oxygen atoms in total. The zero-order valence-corrected chi connectivity index (χ0v) is 18.0. The number of carbonyl (C=O) groups is 3. The molecule has 2 amide bonds. The fraction of sp³-hybridized carbons (Fsp3) is 0.571. The Balaban J connectivity index is 0.00000107. The Hall–Kier alpha value is -3.17. The first-order chi connectivity index (χ1) is 15.0. The number of oxazole rings is 1. The van der Waals surface area contributed by atoms with Gasteiger partial charge in [0.2, 0.25) is 5.91 Å². The summed E-state index contributed by atoms with van der Waals surface area (Å²) in [5, 5.41) is 12.9. The molecule has 2 aromatic rings. The highest BCUT2D eigenvalue weighted by Gasteiger charge is 2.27. The molecule has 170 valence electrons. The van der Waals surface area contributed by atoms with Gasteiger partial charge in [-0.15, -0.1) is 0 Å². The first-order valence-corrected chi connectivity index (χ1v) is 10.5. The number of imidazole rings is 1. The van der Waals surface area contributed by atoms with Crippen molar-refractivity contribution < 1.29 is 23.9 Å². The zero-order valence-electron chi connectivity index (χ0n) is 18.0. The lowest BCUT2D eigenvalue weighted by atomic mass is 9.85. The molecule has 31 heavy (non-hydrogen) atoms. The minimum atomic E-state index is -0.250. The SMILES string of the molecule is CC(C)c1nccn1CCCNC(=O)C1CCC(NC(=O)c2cocn2)CC1.O=CO. The summed E-state index contributed by atoms with van der Waals surface area (Å²) >= 11 is 0. The van der Waals surface area contributed by atoms with E-state index >= 15 is 0 Å². The van der Waals surface area contributed by atoms with Crippen LogP contribution in [-0.4, -0.2) is 50.5 Å². The van der Waals surface area contributed by atoms with Crippen molar-refractivity contribution in [1.29, 1.82) is 0 Å². The van der Waals surface area contributed by atoms with Crippen molar-refractivity contribution in [1.82, 2.24) is 25.2 Å². The van der Waals surface area contributed by atoms with Gasteiger partial charge in [0.1, 0.15) is 12.1 Å². The maximum absolute atomic E-state index is 12.4. The van der Waals surface area contributed by atoms with Gasteiger partial charge in [0.05, 0.1) is 0 Å². The maximum atomic E-state index is 12.4. The summed E-state index contributed by atoms with van der Waals surface area (Å²) in [4.78, 5) is 41.0. The van der Waals surface area contributed by atoms with Gasteiger partial charge in [-0.1, -0.05) is 13.8 Å². The lowest BCUT2D eigenvalue weighted by molar-refractivity contribution is -0.126. The van der Waals surface area contributed by atoms with Crippen molar-refractivity contribution in [2.75, 3.05) is 6.54 Å². The molecule has 3 N–H and O–H groups in total. The molecule has 0 saturated heterocycles. The number of aryl methyl sites for hydroxylation is 1. The number of amides is 2. The number of nitrogens with one attached hydrogen (secondary N) is 2. The second-order valence-electron chi connectivity index (χ2n) is 7.78. The first-order valence-electron chi connectivity index (χ1n) is 10.5. The van der Waals surface area contributed by atoms with Crippen molar-refractivity contribution in [3.63, 3.8) is 0 Å². The molecule has 1 aliphatic carbocycles. The molecule has 0 bridgehead atoms. The molecule has 3 rings (SSSR count). The third-order valence-electron chi connectivity index (χ3n) is 5.24. The third kappa shape index (κ3) is 7.54. The van der Waals surface area contributed by atoms with E-state index in [0.717, 1.165) is 44.5 Å². The molecule has 2 heterocycles. The van der Waals surface area contributed by atoms with Crippen LogP contribution >= 0.6 is 0 Å². The molecule has 0 spiro atoms. The molecule has 2 aromatic heterocycles. The summed E-state index contributed by atoms with van der Waals surface area (Å²) in [6, 6.07) is 0.0870. The Kier molecular flexibility index (Phi) is 9.73. The predicted octanol–water partition coefficient (Wildman–Crippen LogP) is 2.19. The van der Waals surface area contributed by atoms with Crippen molar-refractivity contribution >= 4 is 18.3 Å². The minimum absolute atomic E-state index is 0.0275. The quantitative estimate of drug-likeness (QED) is 0.428. The molecule has 0 aliphatic heterocycles. The Labute approximate surface area is 181 Å². The Morgan fingerprint density at radius 1 is 1.29 bits per heavy atom. The molecule has 10 heteroatoms. The highest BCUT2D eigenvalue weighted by molar-refractivity contribution is 5.92. The summed E-state index contributed by atoms with van der Waals surface area (Å²) in [6.07, 6.45) is 10.4. The number of hydrogen-bond donors (Lipinski definition) is 3. The van der Waals surface area contributed by atoms with Gasteiger partial charge in [-0.2, -0.15) is 0 Å². The fourth-order valence-electron chi connectivity index (χ4n) is 3.70. The Morgan fingerprint density at radius 3 is 2.61 bits per heavy atom. The summed E-state index contributed by atoms with van der Waals surface area (Å²) in [5.41, 5.74) is 0.290. The minimum Gasteiger partial charge on any atom is -0.483 e. The maximum Gasteiger partial charge on any atom is 0.290 e. The Morgan fingerprint density at radius 2 is 2.00 bits per heavy atom. The monoisotopic (exact) mass is 433 g/mol. The standard InChI is InChI=1S/C20H29N5O3.CH2O2/c1-14(2)18-21-9-11-25(18)10-3-8-22-19(26)15-4-6-16(7-5-15)24-20(27)17-12-28-13-23-17;2-1-3/h9,11-16H,3-8,10H2,1-2H3,(H,22,26)(H,24,27);1H,(H,2,3). The highest BCUT2D eigenvalue weighted by atomic mass is 16.3. The first kappa shape index (κ1) is 24.1. The highest BCUT2D eigenvalue weighted by Crippen LogP contribution is 2.24. The van der Waals surface area contributed by atoms with Gasteiger partial charge in [0, 0.05) is 43.4 Å². The average Bonchev–Trinajstić information content (AvgIpc) is 3.44. The van der Waals surface area contributed by atoms with Gasteiger partial charge in [0.25, 0.3) is 12.4 Å². The van der Waals surface area contributed by atoms with Gasteiger partial charge in [-0.05, 0) is 32.1 Å². The third-order valence-corrected chi connectivity index (χ3v) is 5.24. The molecule has 0 atom stereocenters. The second-order valence-corrected chi connectivity index (χ2v) is 7.78. The van der Waals surface area contributed by atoms with E-state index in [0.29, 0.717) is 18.2 Å². The van der Waals surface area contributed by atoms with Gasteiger partial charge >= 0.3 is 0 Å². The van der Waals surface area contributed by atoms with E-state index in [-0.39, 0.29) is 30.2 Å². The summed E-state index contributed by atoms with van der Waals surface area (Å²) in [6.45, 7) is 5.53. The molecule has 1 aliphatic rings. The number of rotatable bonds is 8. The van der Waals surface area contributed by atoms with Gasteiger partial charge in [-0.25, -0.2) is 9.97 Å². The summed E-state index contributed by atoms with van der Waals surface area (Å²) in [5.74, 6) is 1.40. The van der Waals surface area contributed by atoms with Crippen LogP contribution < -0.4 is 10.6 Å². The molecule has 1 fully saturated rings. The molecule has 0 radical (unpaired) electrons. The summed E-state index contributed by atoms with van der Waals surface area (Å²) < 4.78 is 6.98. The smallest absolute Gasteiger partial charge is 0.290 e. The van der Waals surface area contributed by atoms with E-state index in [1.165, 1.54) is 12.7 Å². The number of nitrogens with zero attached hydrogens (tertiary/aromatic N) is 3. The second kappa shape index (κ2) is 12.5. The van der Waals surface area contributed by atoms with Crippen LogP contribution in [0.15, 0.2) is 29.5 Å². The number of carbonyl (C=O) groups excluding carboxylic acids is 2. The van der Waals surface area contributed by atoms with Crippen LogP contribution in [-0.2, 0) is 16.1 Å². The molecule has 0 unspecified atom stereocenters. The molecular formula is C21H31N5O5. The van der Waals surface area contributed by atoms with Gasteiger partial charge in [-0.3, -0.25) is 14.4 Å². The molecule has 0 aromatic carbocycles. The lowest BCUT2D eigenvalue weighted by Crippen LogP contribution is -2.41. The van der Waals surface area contributed by atoms with Crippen molar-refractivity contribution in [2.45, 2.75) is 64.5 Å². The van der Waals surface area contributed by atoms with E-state index < -0.39 is 0 Å². The average molecular weight is 434 g/mol. The zero-order chi connectivity index (χ0) is 22.6. The van der Waals surface area contributed by atoms with Crippen molar-refractivity contribution in [2.24, 2.45) is 5.92 Å². The van der Waals surface area contributed by atoms with E-state index in [1.54, 1.807) is 0 Å². The fourth-order valence-corrected chi connectivity index (χ4v) is 3.70. The van der Waals surface area contributed by atoms with Crippen LogP contribution in [0.3, 0.4) is 0 Å². The van der Waals surface area contributed by atoms with Crippen molar-refractivity contribution in [3.8, 4) is 0 Å². The molecule has 1 saturated carbocycles. The van der Waals surface area contributed by atoms with E-state index in [9.17, 15) is 9.59 Å². The van der Waals surface area contributed by atoms with E-state index in [1.807, 2.05) is 12.4 Å². The topological polar surface area (TPSA) is 139 Å². The van der Waals surface area contributed by atoms with Crippen LogP contribution in [0.5, 0.6) is 0 Å². The van der Waals surface area contributed by atoms with Crippen molar-refractivity contribution in [3.05, 3.63) is 36.6 Å². The Bertz CT molecular complexity index is 810. The summed E-state index contributed by atoms with van der Waals surface area (Å²) in [7, 11) is 0. The van der Waals surface area contributed by atoms with Gasteiger partial charge < -0.3 is 24.7 Å². The van der Waals surface area contributed by atoms with E-state index in [2.05, 4.69) is 39.0 Å². The van der Waals surface area contributed by atoms with Crippen LogP contribution in [0.2, 0.25) is 0 Å². The normalized spacial score (nSPS) is 18.0. The lowest BCUT2D eigenvalue weighted by Gasteiger charge is -2.28. The predicted molar refractivity (Wildman–Crippen MR) is 112 cm³/mol. The van der Waals surface area contributed by atoms with Crippen LogP contribution in [0.1, 0.15) is 68.2 Å².